The summed E-state index contributed by atoms with van der Waals surface area (Å²) < 4.78 is 7.17. The predicted octanol–water partition coefficient (Wildman–Crippen LogP) is 4.60. The van der Waals surface area contributed by atoms with Crippen molar-refractivity contribution >= 4 is 35.0 Å². The SMILES string of the molecule is CCCc1nnc2n1NC(c1ccc(OC)c(Cl)c1)C(C(=O)Nc1cccc(C)c1)S2. The van der Waals surface area contributed by atoms with Crippen LogP contribution in [0.4, 0.5) is 5.69 Å². The number of halogens is 1. The average Bonchev–Trinajstić information content (AvgIpc) is 3.15. The third kappa shape index (κ3) is 4.50. The Morgan fingerprint density at radius 1 is 1.29 bits per heavy atom. The van der Waals surface area contributed by atoms with Gasteiger partial charge in [0, 0.05) is 12.1 Å². The molecule has 9 heteroatoms. The van der Waals surface area contributed by atoms with Gasteiger partial charge in [-0.15, -0.1) is 10.2 Å². The second-order valence-corrected chi connectivity index (χ2v) is 8.90. The molecule has 7 nitrogen and oxygen atoms in total. The van der Waals surface area contributed by atoms with Crippen LogP contribution in [0.2, 0.25) is 5.02 Å². The van der Waals surface area contributed by atoms with Crippen molar-refractivity contribution in [3.63, 3.8) is 0 Å². The highest BCUT2D eigenvalue weighted by atomic mass is 35.5. The minimum absolute atomic E-state index is 0.119. The summed E-state index contributed by atoms with van der Waals surface area (Å²) in [6.45, 7) is 4.09. The Bertz CT molecular complexity index is 1100. The van der Waals surface area contributed by atoms with E-state index in [1.54, 1.807) is 7.11 Å². The maximum absolute atomic E-state index is 13.3. The lowest BCUT2D eigenvalue weighted by Crippen LogP contribution is -2.41. The zero-order valence-corrected chi connectivity index (χ0v) is 19.1. The molecule has 2 heterocycles. The number of rotatable bonds is 6. The number of nitrogens with one attached hydrogen (secondary N) is 2. The second kappa shape index (κ2) is 9.20. The summed E-state index contributed by atoms with van der Waals surface area (Å²) in [6, 6.07) is 13.0. The lowest BCUT2D eigenvalue weighted by Gasteiger charge is -2.33. The van der Waals surface area contributed by atoms with Gasteiger partial charge in [-0.3, -0.25) is 4.79 Å². The van der Waals surface area contributed by atoms with Crippen LogP contribution >= 0.6 is 23.4 Å². The Balaban J connectivity index is 1.69. The van der Waals surface area contributed by atoms with Crippen LogP contribution in [0.3, 0.4) is 0 Å². The van der Waals surface area contributed by atoms with Crippen molar-refractivity contribution in [1.82, 2.24) is 14.9 Å². The highest BCUT2D eigenvalue weighted by Crippen LogP contribution is 2.39. The maximum atomic E-state index is 13.3. The van der Waals surface area contributed by atoms with Gasteiger partial charge in [0.25, 0.3) is 0 Å². The van der Waals surface area contributed by atoms with E-state index in [9.17, 15) is 4.79 Å². The summed E-state index contributed by atoms with van der Waals surface area (Å²) >= 11 is 7.79. The minimum atomic E-state index is -0.476. The van der Waals surface area contributed by atoms with Gasteiger partial charge in [-0.2, -0.15) is 0 Å². The van der Waals surface area contributed by atoms with Gasteiger partial charge < -0.3 is 15.5 Å². The standard InChI is InChI=1S/C22H24ClN5O2S/c1-4-6-18-25-26-22-28(18)27-19(14-9-10-17(30-3)16(23)12-14)20(31-22)21(29)24-15-8-5-7-13(2)11-15/h5,7-12,19-20,27H,4,6H2,1-3H3,(H,24,29). The van der Waals surface area contributed by atoms with Crippen molar-refractivity contribution in [3.05, 3.63) is 64.4 Å². The number of nitrogens with zero attached hydrogens (tertiary/aromatic N) is 3. The number of aryl methyl sites for hydroxylation is 2. The van der Waals surface area contributed by atoms with Gasteiger partial charge in [0.2, 0.25) is 11.1 Å². The molecular weight excluding hydrogens is 434 g/mol. The van der Waals surface area contributed by atoms with Gasteiger partial charge in [-0.05, 0) is 48.7 Å². The van der Waals surface area contributed by atoms with Crippen LogP contribution in [0.1, 0.15) is 36.3 Å². The highest BCUT2D eigenvalue weighted by molar-refractivity contribution is 8.00. The van der Waals surface area contributed by atoms with Crippen LogP contribution in [0.15, 0.2) is 47.6 Å². The molecule has 1 aromatic heterocycles. The first kappa shape index (κ1) is 21.5. The van der Waals surface area contributed by atoms with E-state index >= 15 is 0 Å². The fourth-order valence-electron chi connectivity index (χ4n) is 3.55. The Morgan fingerprint density at radius 2 is 2.13 bits per heavy atom. The van der Waals surface area contributed by atoms with Crippen molar-refractivity contribution in [2.75, 3.05) is 17.9 Å². The van der Waals surface area contributed by atoms with Gasteiger partial charge >= 0.3 is 0 Å². The first-order chi connectivity index (χ1) is 15.0. The third-order valence-corrected chi connectivity index (χ3v) is 6.57. The van der Waals surface area contributed by atoms with Gasteiger partial charge in [0.15, 0.2) is 5.82 Å². The summed E-state index contributed by atoms with van der Waals surface area (Å²) in [5.41, 5.74) is 6.17. The van der Waals surface area contributed by atoms with Crippen LogP contribution in [-0.2, 0) is 11.2 Å². The summed E-state index contributed by atoms with van der Waals surface area (Å²) in [4.78, 5) is 13.3. The third-order valence-electron chi connectivity index (χ3n) is 5.06. The van der Waals surface area contributed by atoms with E-state index in [2.05, 4.69) is 27.9 Å². The molecule has 0 bridgehead atoms. The van der Waals surface area contributed by atoms with E-state index in [4.69, 9.17) is 16.3 Å². The van der Waals surface area contributed by atoms with Crippen molar-refractivity contribution in [2.24, 2.45) is 0 Å². The largest absolute Gasteiger partial charge is 0.495 e. The zero-order chi connectivity index (χ0) is 22.0. The summed E-state index contributed by atoms with van der Waals surface area (Å²) in [7, 11) is 1.58. The molecule has 0 saturated carbocycles. The molecule has 0 aliphatic carbocycles. The quantitative estimate of drug-likeness (QED) is 0.563. The van der Waals surface area contributed by atoms with Crippen molar-refractivity contribution in [2.45, 2.75) is 43.1 Å². The summed E-state index contributed by atoms with van der Waals surface area (Å²) in [6.07, 6.45) is 1.73. The molecule has 0 fully saturated rings. The van der Waals surface area contributed by atoms with Crippen LogP contribution in [-0.4, -0.2) is 33.1 Å². The normalized spacial score (nSPS) is 17.5. The molecule has 162 valence electrons. The van der Waals surface area contributed by atoms with Crippen molar-refractivity contribution < 1.29 is 9.53 Å². The lowest BCUT2D eigenvalue weighted by atomic mass is 10.0. The Hall–Kier alpha value is -2.71. The number of aromatic nitrogens is 3. The number of anilines is 1. The fourth-order valence-corrected chi connectivity index (χ4v) is 4.91. The van der Waals surface area contributed by atoms with E-state index in [0.29, 0.717) is 15.9 Å². The molecule has 3 aromatic rings. The van der Waals surface area contributed by atoms with Gasteiger partial charge in [0.1, 0.15) is 11.0 Å². The zero-order valence-electron chi connectivity index (χ0n) is 17.6. The lowest BCUT2D eigenvalue weighted by molar-refractivity contribution is -0.116. The number of thioether (sulfide) groups is 1. The highest BCUT2D eigenvalue weighted by Gasteiger charge is 2.38. The van der Waals surface area contributed by atoms with Crippen LogP contribution in [0.25, 0.3) is 0 Å². The molecule has 2 N–H and O–H groups in total. The molecule has 0 saturated heterocycles. The molecule has 1 aliphatic rings. The number of carbonyl (C=O) groups is 1. The number of carbonyl (C=O) groups excluding carboxylic acids is 1. The number of benzene rings is 2. The summed E-state index contributed by atoms with van der Waals surface area (Å²) in [5.74, 6) is 1.31. The summed E-state index contributed by atoms with van der Waals surface area (Å²) in [5, 5.41) is 12.3. The van der Waals surface area contributed by atoms with Crippen LogP contribution in [0, 0.1) is 6.92 Å². The molecule has 1 aliphatic heterocycles. The van der Waals surface area contributed by atoms with E-state index in [1.165, 1.54) is 11.8 Å². The molecule has 0 radical (unpaired) electrons. The molecule has 1 amide bonds. The minimum Gasteiger partial charge on any atom is -0.495 e. The molecule has 2 unspecified atom stereocenters. The smallest absolute Gasteiger partial charge is 0.240 e. The molecular formula is C22H24ClN5O2S. The van der Waals surface area contributed by atoms with Gasteiger partial charge in [0.05, 0.1) is 18.2 Å². The Labute approximate surface area is 190 Å². The average molecular weight is 458 g/mol. The number of ether oxygens (including phenoxy) is 1. The fraction of sp³-hybridized carbons (Fsp3) is 0.318. The Morgan fingerprint density at radius 3 is 2.84 bits per heavy atom. The van der Waals surface area contributed by atoms with E-state index in [-0.39, 0.29) is 11.9 Å². The first-order valence-corrected chi connectivity index (χ1v) is 11.3. The second-order valence-electron chi connectivity index (χ2n) is 7.38. The van der Waals surface area contributed by atoms with E-state index in [1.807, 2.05) is 54.1 Å². The monoisotopic (exact) mass is 457 g/mol. The number of amides is 1. The molecule has 2 aromatic carbocycles. The molecule has 0 spiro atoms. The number of methoxy groups -OCH3 is 1. The Kier molecular flexibility index (Phi) is 6.38. The van der Waals surface area contributed by atoms with Crippen LogP contribution in [0.5, 0.6) is 5.75 Å². The van der Waals surface area contributed by atoms with E-state index in [0.717, 1.165) is 35.5 Å². The van der Waals surface area contributed by atoms with Gasteiger partial charge in [-0.25, -0.2) is 4.68 Å². The molecule has 31 heavy (non-hydrogen) atoms. The van der Waals surface area contributed by atoms with E-state index < -0.39 is 5.25 Å². The topological polar surface area (TPSA) is 81.1 Å². The number of hydrogen-bond acceptors (Lipinski definition) is 6. The predicted molar refractivity (Wildman–Crippen MR) is 124 cm³/mol. The first-order valence-electron chi connectivity index (χ1n) is 10.1. The van der Waals surface area contributed by atoms with Gasteiger partial charge in [-0.1, -0.05) is 48.5 Å². The number of fused-ring (bicyclic) bond motifs is 1. The number of hydrogen-bond donors (Lipinski definition) is 2. The van der Waals surface area contributed by atoms with Crippen molar-refractivity contribution in [3.8, 4) is 5.75 Å². The van der Waals surface area contributed by atoms with Crippen molar-refractivity contribution in [1.29, 1.82) is 0 Å². The molecule has 4 rings (SSSR count). The maximum Gasteiger partial charge on any atom is 0.240 e. The molecule has 2 atom stereocenters. The van der Waals surface area contributed by atoms with Crippen LogP contribution < -0.4 is 15.5 Å².